The average Bonchev–Trinajstić information content (AvgIpc) is 3.02. The van der Waals surface area contributed by atoms with Gasteiger partial charge in [0.15, 0.2) is 0 Å². The maximum absolute atomic E-state index is 12.8. The van der Waals surface area contributed by atoms with Crippen LogP contribution in [0.5, 0.6) is 0 Å². The lowest BCUT2D eigenvalue weighted by Crippen LogP contribution is -2.52. The summed E-state index contributed by atoms with van der Waals surface area (Å²) in [6, 6.07) is 0.291. The van der Waals surface area contributed by atoms with Gasteiger partial charge in [-0.15, -0.1) is 0 Å². The molecule has 0 N–H and O–H groups in total. The number of nitrogens with zero attached hydrogens (tertiary/aromatic N) is 2. The van der Waals surface area contributed by atoms with Gasteiger partial charge in [0.05, 0.1) is 19.3 Å². The number of piperidine rings is 2. The number of ether oxygens (including phenoxy) is 1. The van der Waals surface area contributed by atoms with Crippen LogP contribution in [0.25, 0.3) is 0 Å². The molecule has 0 spiro atoms. The fourth-order valence-electron chi connectivity index (χ4n) is 3.88. The van der Waals surface area contributed by atoms with E-state index < -0.39 is 0 Å². The van der Waals surface area contributed by atoms with Gasteiger partial charge < -0.3 is 14.5 Å². The van der Waals surface area contributed by atoms with Crippen LogP contribution in [0, 0.1) is 11.8 Å². The largest absolute Gasteiger partial charge is 0.379 e. The first-order valence-electron chi connectivity index (χ1n) is 8.00. The summed E-state index contributed by atoms with van der Waals surface area (Å²) in [6.07, 6.45) is 5.17. The Balaban J connectivity index is 1.58. The molecular formula is C16H24N2O3. The molecule has 0 aromatic heterocycles. The van der Waals surface area contributed by atoms with Crippen molar-refractivity contribution in [3.8, 4) is 0 Å². The Bertz CT molecular complexity index is 429. The monoisotopic (exact) mass is 292 g/mol. The minimum Gasteiger partial charge on any atom is -0.379 e. The number of fused-ring (bicyclic) bond motifs is 1. The number of rotatable bonds is 2. The van der Waals surface area contributed by atoms with Crippen molar-refractivity contribution in [1.29, 1.82) is 0 Å². The number of carbonyl (C=O) groups excluding carboxylic acids is 2. The molecule has 2 atom stereocenters. The summed E-state index contributed by atoms with van der Waals surface area (Å²) in [5, 5.41) is 0. The second-order valence-electron chi connectivity index (χ2n) is 6.34. The Labute approximate surface area is 125 Å². The Morgan fingerprint density at radius 2 is 1.86 bits per heavy atom. The lowest BCUT2D eigenvalue weighted by molar-refractivity contribution is -0.143. The lowest BCUT2D eigenvalue weighted by Gasteiger charge is -2.40. The third kappa shape index (κ3) is 2.84. The van der Waals surface area contributed by atoms with Gasteiger partial charge in [0.25, 0.3) is 0 Å². The Morgan fingerprint density at radius 1 is 1.10 bits per heavy atom. The van der Waals surface area contributed by atoms with Crippen molar-refractivity contribution in [2.24, 2.45) is 11.8 Å². The molecule has 0 bridgehead atoms. The zero-order chi connectivity index (χ0) is 14.8. The summed E-state index contributed by atoms with van der Waals surface area (Å²) in [7, 11) is 0. The van der Waals surface area contributed by atoms with Gasteiger partial charge in [-0.2, -0.15) is 0 Å². The number of hydrogen-bond acceptors (Lipinski definition) is 3. The Morgan fingerprint density at radius 3 is 2.57 bits per heavy atom. The van der Waals surface area contributed by atoms with Gasteiger partial charge in [0, 0.05) is 31.5 Å². The first-order chi connectivity index (χ1) is 10.2. The summed E-state index contributed by atoms with van der Waals surface area (Å²) in [5.41, 5.74) is 0. The Kier molecular flexibility index (Phi) is 4.29. The van der Waals surface area contributed by atoms with Crippen LogP contribution >= 0.6 is 0 Å². The van der Waals surface area contributed by atoms with Crippen LogP contribution in [-0.4, -0.2) is 60.5 Å². The smallest absolute Gasteiger partial charge is 0.245 e. The average molecular weight is 292 g/mol. The van der Waals surface area contributed by atoms with Crippen LogP contribution in [0.2, 0.25) is 0 Å². The molecule has 5 nitrogen and oxygen atoms in total. The molecule has 3 aliphatic heterocycles. The maximum atomic E-state index is 12.8. The molecule has 0 unspecified atom stereocenters. The molecule has 116 valence electrons. The van der Waals surface area contributed by atoms with Crippen molar-refractivity contribution >= 4 is 11.8 Å². The predicted octanol–water partition coefficient (Wildman–Crippen LogP) is 1.05. The minimum atomic E-state index is -0.0249. The fraction of sp³-hybridized carbons (Fsp3) is 0.750. The van der Waals surface area contributed by atoms with Crippen molar-refractivity contribution in [2.75, 3.05) is 32.8 Å². The molecule has 0 aromatic rings. The number of likely N-dealkylation sites (tertiary alicyclic amines) is 2. The molecule has 0 radical (unpaired) electrons. The molecule has 3 rings (SSSR count). The molecule has 2 amide bonds. The van der Waals surface area contributed by atoms with Crippen molar-refractivity contribution in [3.05, 3.63) is 12.7 Å². The second kappa shape index (κ2) is 6.18. The van der Waals surface area contributed by atoms with Crippen molar-refractivity contribution in [3.63, 3.8) is 0 Å². The zero-order valence-corrected chi connectivity index (χ0v) is 12.5. The van der Waals surface area contributed by atoms with Crippen LogP contribution in [-0.2, 0) is 14.3 Å². The van der Waals surface area contributed by atoms with Crippen molar-refractivity contribution < 1.29 is 14.3 Å². The summed E-state index contributed by atoms with van der Waals surface area (Å²) >= 11 is 0. The van der Waals surface area contributed by atoms with E-state index >= 15 is 0 Å². The first kappa shape index (κ1) is 14.6. The van der Waals surface area contributed by atoms with E-state index in [9.17, 15) is 9.59 Å². The van der Waals surface area contributed by atoms with E-state index in [2.05, 4.69) is 11.5 Å². The van der Waals surface area contributed by atoms with E-state index in [0.717, 1.165) is 32.4 Å². The topological polar surface area (TPSA) is 49.9 Å². The highest BCUT2D eigenvalue weighted by atomic mass is 16.5. The molecule has 0 aliphatic carbocycles. The highest BCUT2D eigenvalue weighted by Gasteiger charge is 2.40. The molecule has 3 aliphatic rings. The fourth-order valence-corrected chi connectivity index (χ4v) is 3.88. The maximum Gasteiger partial charge on any atom is 0.245 e. The van der Waals surface area contributed by atoms with Gasteiger partial charge in [0.2, 0.25) is 11.8 Å². The van der Waals surface area contributed by atoms with Gasteiger partial charge in [-0.1, -0.05) is 6.58 Å². The van der Waals surface area contributed by atoms with E-state index in [4.69, 9.17) is 4.74 Å². The van der Waals surface area contributed by atoms with Gasteiger partial charge in [-0.25, -0.2) is 0 Å². The number of carbonyl (C=O) groups is 2. The molecule has 3 heterocycles. The van der Waals surface area contributed by atoms with Crippen LogP contribution in [0.3, 0.4) is 0 Å². The third-order valence-corrected chi connectivity index (χ3v) is 5.15. The second-order valence-corrected chi connectivity index (χ2v) is 6.34. The lowest BCUT2D eigenvalue weighted by atomic mass is 9.88. The van der Waals surface area contributed by atoms with E-state index in [1.165, 1.54) is 12.5 Å². The normalized spacial score (nSPS) is 30.1. The van der Waals surface area contributed by atoms with Crippen molar-refractivity contribution in [1.82, 2.24) is 9.80 Å². The number of amides is 2. The molecule has 3 fully saturated rings. The van der Waals surface area contributed by atoms with Gasteiger partial charge in [-0.05, 0) is 31.8 Å². The summed E-state index contributed by atoms with van der Waals surface area (Å²) in [4.78, 5) is 28.2. The summed E-state index contributed by atoms with van der Waals surface area (Å²) in [5.74, 6) is 0.854. The zero-order valence-electron chi connectivity index (χ0n) is 12.5. The van der Waals surface area contributed by atoms with E-state index in [1.54, 1.807) is 4.90 Å². The molecule has 5 heteroatoms. The predicted molar refractivity (Wildman–Crippen MR) is 78.5 cm³/mol. The number of hydrogen-bond donors (Lipinski definition) is 0. The Hall–Kier alpha value is -1.36. The quantitative estimate of drug-likeness (QED) is 0.715. The molecule has 21 heavy (non-hydrogen) atoms. The third-order valence-electron chi connectivity index (χ3n) is 5.15. The minimum absolute atomic E-state index is 0.0249. The highest BCUT2D eigenvalue weighted by Crippen LogP contribution is 2.31. The van der Waals surface area contributed by atoms with Crippen LogP contribution in [0.15, 0.2) is 12.7 Å². The van der Waals surface area contributed by atoms with Gasteiger partial charge in [-0.3, -0.25) is 9.59 Å². The summed E-state index contributed by atoms with van der Waals surface area (Å²) in [6.45, 7) is 7.23. The molecule has 0 saturated carbocycles. The van der Waals surface area contributed by atoms with Gasteiger partial charge >= 0.3 is 0 Å². The highest BCUT2D eigenvalue weighted by molar-refractivity contribution is 5.87. The van der Waals surface area contributed by atoms with Crippen LogP contribution in [0.1, 0.15) is 25.7 Å². The van der Waals surface area contributed by atoms with Crippen LogP contribution in [0.4, 0.5) is 0 Å². The van der Waals surface area contributed by atoms with E-state index in [0.29, 0.717) is 31.7 Å². The van der Waals surface area contributed by atoms with E-state index in [-0.39, 0.29) is 17.7 Å². The van der Waals surface area contributed by atoms with E-state index in [1.807, 2.05) is 0 Å². The SMILES string of the molecule is C=CC(=O)N1CCC(C(=O)N2CCC[C@@H]3COC[C@@H]32)CC1. The van der Waals surface area contributed by atoms with Crippen molar-refractivity contribution in [2.45, 2.75) is 31.7 Å². The molecular weight excluding hydrogens is 268 g/mol. The molecule has 3 saturated heterocycles. The van der Waals surface area contributed by atoms with Crippen LogP contribution < -0.4 is 0 Å². The first-order valence-corrected chi connectivity index (χ1v) is 8.00. The molecule has 0 aromatic carbocycles. The standard InChI is InChI=1S/C16H24N2O3/c1-2-15(19)17-8-5-12(6-9-17)16(20)18-7-3-4-13-10-21-11-14(13)18/h2,12-14H,1,3-11H2/t13-,14+/m1/s1. The summed E-state index contributed by atoms with van der Waals surface area (Å²) < 4.78 is 5.56. The van der Waals surface area contributed by atoms with Gasteiger partial charge in [0.1, 0.15) is 0 Å².